The second-order valence-corrected chi connectivity index (χ2v) is 6.80. The summed E-state index contributed by atoms with van der Waals surface area (Å²) in [5, 5.41) is 2.26. The van der Waals surface area contributed by atoms with Gasteiger partial charge in [0.25, 0.3) is 0 Å². The fourth-order valence-corrected chi connectivity index (χ4v) is 4.17. The summed E-state index contributed by atoms with van der Waals surface area (Å²) < 4.78 is 0. The van der Waals surface area contributed by atoms with Crippen LogP contribution in [-0.4, -0.2) is 0 Å². The zero-order chi connectivity index (χ0) is 13.1. The average Bonchev–Trinajstić information content (AvgIpc) is 2.88. The van der Waals surface area contributed by atoms with Crippen molar-refractivity contribution in [2.45, 2.75) is 45.4 Å². The summed E-state index contributed by atoms with van der Waals surface area (Å²) in [6.45, 7) is 2.23. The van der Waals surface area contributed by atoms with Gasteiger partial charge in [-0.05, 0) is 79.5 Å². The molecule has 1 heteroatoms. The molecule has 1 aromatic carbocycles. The Hall–Kier alpha value is -1.08. The molecule has 0 spiro atoms. The van der Waals surface area contributed by atoms with Crippen LogP contribution in [0.3, 0.4) is 0 Å². The van der Waals surface area contributed by atoms with Gasteiger partial charge in [0, 0.05) is 4.88 Å². The van der Waals surface area contributed by atoms with Crippen molar-refractivity contribution in [2.24, 2.45) is 5.92 Å². The molecule has 1 heterocycles. The van der Waals surface area contributed by atoms with Crippen LogP contribution in [0.5, 0.6) is 0 Å². The quantitative estimate of drug-likeness (QED) is 0.717. The smallest absolute Gasteiger partial charge is 0.00774 e. The monoisotopic (exact) mass is 270 g/mol. The first kappa shape index (κ1) is 12.9. The van der Waals surface area contributed by atoms with Crippen LogP contribution in [-0.2, 0) is 19.3 Å². The van der Waals surface area contributed by atoms with E-state index in [1.165, 1.54) is 49.7 Å². The molecule has 0 aliphatic heterocycles. The highest BCUT2D eigenvalue weighted by molar-refractivity contribution is 7.10. The lowest BCUT2D eigenvalue weighted by atomic mass is 9.84. The summed E-state index contributed by atoms with van der Waals surface area (Å²) in [6.07, 6.45) is 8.04. The Bertz CT molecular complexity index is 538. The molecule has 0 bridgehead atoms. The summed E-state index contributed by atoms with van der Waals surface area (Å²) in [5.74, 6) is 0.922. The van der Waals surface area contributed by atoms with Gasteiger partial charge in [-0.3, -0.25) is 0 Å². The van der Waals surface area contributed by atoms with E-state index in [-0.39, 0.29) is 0 Å². The SMILES string of the molecule is Cc1ccccc1CCCC1CCc2sccc2C1. The van der Waals surface area contributed by atoms with Crippen LogP contribution < -0.4 is 0 Å². The van der Waals surface area contributed by atoms with Crippen molar-refractivity contribution >= 4 is 11.3 Å². The molecule has 0 N–H and O–H groups in total. The molecule has 3 rings (SSSR count). The number of benzene rings is 1. The molecule has 1 atom stereocenters. The van der Waals surface area contributed by atoms with Gasteiger partial charge >= 0.3 is 0 Å². The van der Waals surface area contributed by atoms with E-state index in [4.69, 9.17) is 0 Å². The summed E-state index contributed by atoms with van der Waals surface area (Å²) in [7, 11) is 0. The molecule has 2 aromatic rings. The fourth-order valence-electron chi connectivity index (χ4n) is 3.23. The van der Waals surface area contributed by atoms with E-state index in [1.807, 2.05) is 11.3 Å². The molecular weight excluding hydrogens is 248 g/mol. The minimum Gasteiger partial charge on any atom is -0.149 e. The van der Waals surface area contributed by atoms with Crippen molar-refractivity contribution in [3.8, 4) is 0 Å². The Balaban J connectivity index is 1.50. The number of fused-ring (bicyclic) bond motifs is 1. The maximum atomic E-state index is 2.34. The Kier molecular flexibility index (Phi) is 4.03. The van der Waals surface area contributed by atoms with Gasteiger partial charge in [-0.25, -0.2) is 0 Å². The van der Waals surface area contributed by atoms with Gasteiger partial charge in [-0.2, -0.15) is 0 Å². The van der Waals surface area contributed by atoms with Crippen LogP contribution in [0.1, 0.15) is 40.8 Å². The second kappa shape index (κ2) is 5.92. The number of thiophene rings is 1. The van der Waals surface area contributed by atoms with E-state index in [1.54, 1.807) is 10.4 Å². The number of aryl methyl sites for hydroxylation is 3. The lowest BCUT2D eigenvalue weighted by Crippen LogP contribution is -2.12. The molecule has 0 saturated carbocycles. The summed E-state index contributed by atoms with van der Waals surface area (Å²) in [6, 6.07) is 11.2. The van der Waals surface area contributed by atoms with Gasteiger partial charge in [0.15, 0.2) is 0 Å². The lowest BCUT2D eigenvalue weighted by molar-refractivity contribution is 0.418. The molecule has 0 fully saturated rings. The van der Waals surface area contributed by atoms with E-state index in [0.717, 1.165) is 5.92 Å². The highest BCUT2D eigenvalue weighted by Gasteiger charge is 2.18. The normalized spacial score (nSPS) is 18.3. The van der Waals surface area contributed by atoms with E-state index in [2.05, 4.69) is 42.6 Å². The van der Waals surface area contributed by atoms with Crippen LogP contribution >= 0.6 is 11.3 Å². The largest absolute Gasteiger partial charge is 0.149 e. The van der Waals surface area contributed by atoms with Crippen molar-refractivity contribution in [2.75, 3.05) is 0 Å². The van der Waals surface area contributed by atoms with Gasteiger partial charge in [0.1, 0.15) is 0 Å². The molecule has 100 valence electrons. The van der Waals surface area contributed by atoms with E-state index >= 15 is 0 Å². The maximum Gasteiger partial charge on any atom is 0.00774 e. The van der Waals surface area contributed by atoms with E-state index in [9.17, 15) is 0 Å². The van der Waals surface area contributed by atoms with Crippen molar-refractivity contribution in [3.05, 3.63) is 57.3 Å². The van der Waals surface area contributed by atoms with Gasteiger partial charge in [-0.15, -0.1) is 11.3 Å². The maximum absolute atomic E-state index is 2.34. The summed E-state index contributed by atoms with van der Waals surface area (Å²) in [4.78, 5) is 1.65. The van der Waals surface area contributed by atoms with Gasteiger partial charge in [0.05, 0.1) is 0 Å². The third kappa shape index (κ3) is 3.09. The predicted molar refractivity (Wildman–Crippen MR) is 84.0 cm³/mol. The molecule has 1 aliphatic carbocycles. The fraction of sp³-hybridized carbons (Fsp3) is 0.444. The molecule has 1 unspecified atom stereocenters. The number of hydrogen-bond donors (Lipinski definition) is 0. The Morgan fingerprint density at radius 1 is 1.21 bits per heavy atom. The highest BCUT2D eigenvalue weighted by Crippen LogP contribution is 2.31. The minimum atomic E-state index is 0.922. The Morgan fingerprint density at radius 3 is 3.00 bits per heavy atom. The van der Waals surface area contributed by atoms with Crippen LogP contribution in [0.4, 0.5) is 0 Å². The van der Waals surface area contributed by atoms with E-state index < -0.39 is 0 Å². The van der Waals surface area contributed by atoms with Crippen molar-refractivity contribution in [1.82, 2.24) is 0 Å². The lowest BCUT2D eigenvalue weighted by Gasteiger charge is -2.22. The first-order valence-electron chi connectivity index (χ1n) is 7.42. The Labute approximate surface area is 120 Å². The van der Waals surface area contributed by atoms with Crippen LogP contribution in [0.15, 0.2) is 35.7 Å². The second-order valence-electron chi connectivity index (χ2n) is 5.80. The number of hydrogen-bond acceptors (Lipinski definition) is 1. The van der Waals surface area contributed by atoms with Crippen molar-refractivity contribution in [3.63, 3.8) is 0 Å². The first-order chi connectivity index (χ1) is 9.33. The third-order valence-electron chi connectivity index (χ3n) is 4.45. The number of rotatable bonds is 4. The molecule has 1 aromatic heterocycles. The topological polar surface area (TPSA) is 0 Å². The zero-order valence-corrected chi connectivity index (χ0v) is 12.5. The summed E-state index contributed by atoms with van der Waals surface area (Å²) >= 11 is 1.95. The highest BCUT2D eigenvalue weighted by atomic mass is 32.1. The average molecular weight is 270 g/mol. The van der Waals surface area contributed by atoms with Crippen molar-refractivity contribution < 1.29 is 0 Å². The minimum absolute atomic E-state index is 0.922. The first-order valence-corrected chi connectivity index (χ1v) is 8.30. The van der Waals surface area contributed by atoms with Gasteiger partial charge in [0.2, 0.25) is 0 Å². The van der Waals surface area contributed by atoms with Crippen LogP contribution in [0.25, 0.3) is 0 Å². The molecule has 19 heavy (non-hydrogen) atoms. The van der Waals surface area contributed by atoms with Crippen LogP contribution in [0, 0.1) is 12.8 Å². The third-order valence-corrected chi connectivity index (χ3v) is 5.47. The summed E-state index contributed by atoms with van der Waals surface area (Å²) in [5.41, 5.74) is 4.62. The van der Waals surface area contributed by atoms with Gasteiger partial charge in [-0.1, -0.05) is 24.3 Å². The molecule has 0 nitrogen and oxygen atoms in total. The molecular formula is C18H22S. The standard InChI is InChI=1S/C18H22S/c1-14-5-2-3-7-16(14)8-4-6-15-9-10-18-17(13-15)11-12-19-18/h2-3,5,7,11-12,15H,4,6,8-10,13H2,1H3. The Morgan fingerprint density at radius 2 is 2.11 bits per heavy atom. The van der Waals surface area contributed by atoms with Gasteiger partial charge < -0.3 is 0 Å². The van der Waals surface area contributed by atoms with E-state index in [0.29, 0.717) is 0 Å². The molecule has 0 radical (unpaired) electrons. The zero-order valence-electron chi connectivity index (χ0n) is 11.7. The predicted octanol–water partition coefficient (Wildman–Crippen LogP) is 5.18. The molecule has 0 saturated heterocycles. The van der Waals surface area contributed by atoms with Crippen molar-refractivity contribution in [1.29, 1.82) is 0 Å². The molecule has 0 amide bonds. The van der Waals surface area contributed by atoms with Crippen LogP contribution in [0.2, 0.25) is 0 Å². The molecule has 1 aliphatic rings.